The van der Waals surface area contributed by atoms with Crippen molar-refractivity contribution in [2.24, 2.45) is 0 Å². The average molecular weight is 188 g/mol. The van der Waals surface area contributed by atoms with Crippen molar-refractivity contribution in [3.8, 4) is 0 Å². The van der Waals surface area contributed by atoms with Gasteiger partial charge in [-0.25, -0.2) is 0 Å². The molecule has 11 heavy (non-hydrogen) atoms. The minimum absolute atomic E-state index is 0.797. The van der Waals surface area contributed by atoms with E-state index in [2.05, 4.69) is 10.8 Å². The Hall–Kier alpha value is -0.180. The van der Waals surface area contributed by atoms with Crippen LogP contribution in [-0.2, 0) is 6.54 Å². The normalized spacial score (nSPS) is 10.0. The molecule has 1 aromatic carbocycles. The van der Waals surface area contributed by atoms with Gasteiger partial charge in [0.25, 0.3) is 0 Å². The predicted octanol–water partition coefficient (Wildman–Crippen LogP) is 2.71. The van der Waals surface area contributed by atoms with Crippen molar-refractivity contribution in [3.63, 3.8) is 0 Å². The molecule has 0 aromatic heterocycles. The van der Waals surface area contributed by atoms with E-state index in [1.165, 1.54) is 5.56 Å². The predicted molar refractivity (Wildman–Crippen MR) is 51.8 cm³/mol. The molecular weight excluding hydrogens is 178 g/mol. The van der Waals surface area contributed by atoms with Gasteiger partial charge in [-0.1, -0.05) is 35.7 Å². The summed E-state index contributed by atoms with van der Waals surface area (Å²) in [6.45, 7) is 0.863. The highest BCUT2D eigenvalue weighted by Gasteiger charge is 1.91. The van der Waals surface area contributed by atoms with Crippen LogP contribution < -0.4 is 4.72 Å². The lowest BCUT2D eigenvalue weighted by molar-refractivity contribution is 0.980. The number of hydrogen-bond donors (Lipinski definition) is 1. The van der Waals surface area contributed by atoms with E-state index in [-0.39, 0.29) is 0 Å². The lowest BCUT2D eigenvalue weighted by Crippen LogP contribution is -2.01. The van der Waals surface area contributed by atoms with Gasteiger partial charge in [-0.2, -0.15) is 0 Å². The molecule has 1 rings (SSSR count). The third kappa shape index (κ3) is 3.14. The second kappa shape index (κ2) is 4.65. The summed E-state index contributed by atoms with van der Waals surface area (Å²) in [4.78, 5) is 0. The van der Waals surface area contributed by atoms with E-state index >= 15 is 0 Å². The topological polar surface area (TPSA) is 12.0 Å². The third-order valence-corrected chi connectivity index (χ3v) is 1.98. The zero-order valence-electron chi connectivity index (χ0n) is 6.30. The molecule has 0 bridgehead atoms. The van der Waals surface area contributed by atoms with Crippen LogP contribution in [0, 0.1) is 0 Å². The van der Waals surface area contributed by atoms with E-state index in [9.17, 15) is 0 Å². The van der Waals surface area contributed by atoms with Gasteiger partial charge < -0.3 is 0 Å². The molecule has 60 valence electrons. The highest BCUT2D eigenvalue weighted by molar-refractivity contribution is 7.96. The van der Waals surface area contributed by atoms with Gasteiger partial charge in [0.15, 0.2) is 0 Å². The van der Waals surface area contributed by atoms with Crippen molar-refractivity contribution in [1.82, 2.24) is 4.72 Å². The van der Waals surface area contributed by atoms with E-state index in [0.717, 1.165) is 11.6 Å². The van der Waals surface area contributed by atoms with Crippen molar-refractivity contribution >= 4 is 23.5 Å². The molecule has 1 N–H and O–H groups in total. The Kier molecular flexibility index (Phi) is 3.77. The number of halogens is 1. The first-order valence-corrected chi connectivity index (χ1v) is 4.93. The summed E-state index contributed by atoms with van der Waals surface area (Å²) in [7, 11) is 0. The number of rotatable bonds is 3. The first kappa shape index (κ1) is 8.91. The summed E-state index contributed by atoms with van der Waals surface area (Å²) >= 11 is 7.40. The molecule has 1 aromatic rings. The van der Waals surface area contributed by atoms with Crippen molar-refractivity contribution in [3.05, 3.63) is 34.9 Å². The van der Waals surface area contributed by atoms with Crippen LogP contribution in [0.4, 0.5) is 0 Å². The molecule has 0 fully saturated rings. The Balaban J connectivity index is 2.56. The van der Waals surface area contributed by atoms with Crippen molar-refractivity contribution in [2.45, 2.75) is 6.54 Å². The van der Waals surface area contributed by atoms with E-state index in [1.54, 1.807) is 11.9 Å². The van der Waals surface area contributed by atoms with Gasteiger partial charge in [-0.15, -0.1) is 0 Å². The molecule has 0 heterocycles. The first-order valence-electron chi connectivity index (χ1n) is 3.33. The maximum Gasteiger partial charge on any atom is 0.0409 e. The van der Waals surface area contributed by atoms with Crippen LogP contribution in [0.1, 0.15) is 5.56 Å². The van der Waals surface area contributed by atoms with Gasteiger partial charge in [0.05, 0.1) is 0 Å². The SMILES string of the molecule is CSNCc1cccc(Cl)c1. The minimum atomic E-state index is 0.797. The Bertz CT molecular complexity index is 227. The maximum absolute atomic E-state index is 5.79. The van der Waals surface area contributed by atoms with Gasteiger partial charge in [0.2, 0.25) is 0 Å². The van der Waals surface area contributed by atoms with Crippen LogP contribution in [-0.4, -0.2) is 6.26 Å². The van der Waals surface area contributed by atoms with Gasteiger partial charge in [0, 0.05) is 11.6 Å². The van der Waals surface area contributed by atoms with Crippen LogP contribution in [0.5, 0.6) is 0 Å². The number of nitrogens with one attached hydrogen (secondary N) is 1. The summed E-state index contributed by atoms with van der Waals surface area (Å²) < 4.78 is 3.15. The van der Waals surface area contributed by atoms with Crippen LogP contribution in [0.15, 0.2) is 24.3 Å². The fraction of sp³-hybridized carbons (Fsp3) is 0.250. The van der Waals surface area contributed by atoms with Crippen molar-refractivity contribution in [2.75, 3.05) is 6.26 Å². The molecule has 0 saturated heterocycles. The quantitative estimate of drug-likeness (QED) is 0.731. The summed E-state index contributed by atoms with van der Waals surface area (Å²) in [5.41, 5.74) is 1.21. The molecule has 0 aliphatic rings. The summed E-state index contributed by atoms with van der Waals surface area (Å²) in [5.74, 6) is 0. The minimum Gasteiger partial charge on any atom is -0.260 e. The van der Waals surface area contributed by atoms with Crippen LogP contribution >= 0.6 is 23.5 Å². The summed E-state index contributed by atoms with van der Waals surface area (Å²) in [6.07, 6.45) is 2.00. The van der Waals surface area contributed by atoms with E-state index < -0.39 is 0 Å². The Labute approximate surface area is 76.3 Å². The second-order valence-electron chi connectivity index (χ2n) is 2.16. The summed E-state index contributed by atoms with van der Waals surface area (Å²) in [5, 5.41) is 0.797. The largest absolute Gasteiger partial charge is 0.260 e. The van der Waals surface area contributed by atoms with Gasteiger partial charge in [0.1, 0.15) is 0 Å². The molecule has 0 aliphatic carbocycles. The highest BCUT2D eigenvalue weighted by atomic mass is 35.5. The molecule has 0 unspecified atom stereocenters. The van der Waals surface area contributed by atoms with Crippen molar-refractivity contribution < 1.29 is 0 Å². The lowest BCUT2D eigenvalue weighted by Gasteiger charge is -2.00. The van der Waals surface area contributed by atoms with Gasteiger partial charge in [-0.3, -0.25) is 4.72 Å². The standard InChI is InChI=1S/C8H10ClNS/c1-11-10-6-7-3-2-4-8(9)5-7/h2-5,10H,6H2,1H3. The number of benzene rings is 1. The molecular formula is C8H10ClNS. The van der Waals surface area contributed by atoms with Crippen LogP contribution in [0.2, 0.25) is 5.02 Å². The van der Waals surface area contributed by atoms with Crippen molar-refractivity contribution in [1.29, 1.82) is 0 Å². The highest BCUT2D eigenvalue weighted by Crippen LogP contribution is 2.10. The molecule has 3 heteroatoms. The molecule has 0 atom stereocenters. The van der Waals surface area contributed by atoms with Crippen LogP contribution in [0.25, 0.3) is 0 Å². The van der Waals surface area contributed by atoms with E-state index in [0.29, 0.717) is 0 Å². The molecule has 0 radical (unpaired) electrons. The second-order valence-corrected chi connectivity index (χ2v) is 3.29. The average Bonchev–Trinajstić information content (AvgIpc) is 2.01. The van der Waals surface area contributed by atoms with Gasteiger partial charge in [-0.05, 0) is 24.0 Å². The van der Waals surface area contributed by atoms with Gasteiger partial charge >= 0.3 is 0 Å². The monoisotopic (exact) mass is 187 g/mol. The zero-order chi connectivity index (χ0) is 8.10. The fourth-order valence-electron chi connectivity index (χ4n) is 0.802. The molecule has 0 spiro atoms. The maximum atomic E-state index is 5.79. The Morgan fingerprint density at radius 3 is 3.00 bits per heavy atom. The smallest absolute Gasteiger partial charge is 0.0409 e. The molecule has 0 saturated carbocycles. The summed E-state index contributed by atoms with van der Waals surface area (Å²) in [6, 6.07) is 7.85. The first-order chi connectivity index (χ1) is 5.33. The third-order valence-electron chi connectivity index (χ3n) is 1.31. The van der Waals surface area contributed by atoms with E-state index in [1.807, 2.05) is 24.5 Å². The Morgan fingerprint density at radius 2 is 2.36 bits per heavy atom. The molecule has 0 aliphatic heterocycles. The van der Waals surface area contributed by atoms with Crippen LogP contribution in [0.3, 0.4) is 0 Å². The lowest BCUT2D eigenvalue weighted by atomic mass is 10.2. The Morgan fingerprint density at radius 1 is 1.55 bits per heavy atom. The molecule has 0 amide bonds. The molecule has 1 nitrogen and oxygen atoms in total. The number of hydrogen-bond acceptors (Lipinski definition) is 2. The fourth-order valence-corrected chi connectivity index (χ4v) is 1.33. The van der Waals surface area contributed by atoms with E-state index in [4.69, 9.17) is 11.6 Å². The zero-order valence-corrected chi connectivity index (χ0v) is 7.88.